The Hall–Kier alpha value is -1.66. The maximum Gasteiger partial charge on any atom is 0.345 e. The van der Waals surface area contributed by atoms with E-state index >= 15 is 0 Å². The van der Waals surface area contributed by atoms with Crippen molar-refractivity contribution in [1.29, 1.82) is 0 Å². The number of nitro groups is 1. The molecule has 102 valence electrons. The molecule has 0 aromatic heterocycles. The minimum atomic E-state index is -0.760. The molecule has 1 unspecified atom stereocenters. The SMILES string of the molecule is O=C(OCC1CCCO1)c1cc(Cl)ccc1[N+](=O)[O-]. The van der Waals surface area contributed by atoms with Gasteiger partial charge in [0.15, 0.2) is 0 Å². The molecular formula is C12H12ClNO5. The van der Waals surface area contributed by atoms with Gasteiger partial charge >= 0.3 is 5.97 Å². The molecule has 7 heteroatoms. The number of hydrogen-bond acceptors (Lipinski definition) is 5. The van der Waals surface area contributed by atoms with Gasteiger partial charge in [-0.3, -0.25) is 10.1 Å². The van der Waals surface area contributed by atoms with Crippen LogP contribution in [0, 0.1) is 10.1 Å². The van der Waals surface area contributed by atoms with E-state index in [-0.39, 0.29) is 29.0 Å². The molecule has 1 aromatic rings. The minimum Gasteiger partial charge on any atom is -0.459 e. The Morgan fingerprint density at radius 1 is 1.58 bits per heavy atom. The van der Waals surface area contributed by atoms with E-state index in [1.54, 1.807) is 0 Å². The Bertz CT molecular complexity index is 499. The molecule has 19 heavy (non-hydrogen) atoms. The van der Waals surface area contributed by atoms with Crippen molar-refractivity contribution in [3.05, 3.63) is 38.9 Å². The number of halogens is 1. The van der Waals surface area contributed by atoms with Crippen LogP contribution in [0.25, 0.3) is 0 Å². The van der Waals surface area contributed by atoms with Gasteiger partial charge in [-0.15, -0.1) is 0 Å². The van der Waals surface area contributed by atoms with E-state index in [0.717, 1.165) is 12.8 Å². The Morgan fingerprint density at radius 3 is 3.00 bits per heavy atom. The second-order valence-electron chi connectivity index (χ2n) is 4.15. The van der Waals surface area contributed by atoms with Crippen molar-refractivity contribution in [3.63, 3.8) is 0 Å². The average Bonchev–Trinajstić information content (AvgIpc) is 2.88. The zero-order valence-corrected chi connectivity index (χ0v) is 10.8. The maximum atomic E-state index is 11.8. The number of hydrogen-bond donors (Lipinski definition) is 0. The highest BCUT2D eigenvalue weighted by Crippen LogP contribution is 2.24. The van der Waals surface area contributed by atoms with Crippen LogP contribution in [0.2, 0.25) is 5.02 Å². The number of carbonyl (C=O) groups is 1. The molecule has 2 rings (SSSR count). The third-order valence-electron chi connectivity index (χ3n) is 2.80. The van der Waals surface area contributed by atoms with Crippen LogP contribution in [0.4, 0.5) is 5.69 Å². The summed E-state index contributed by atoms with van der Waals surface area (Å²) in [6.07, 6.45) is 1.63. The Morgan fingerprint density at radius 2 is 2.37 bits per heavy atom. The van der Waals surface area contributed by atoms with E-state index in [2.05, 4.69) is 0 Å². The number of nitrogens with zero attached hydrogens (tertiary/aromatic N) is 1. The van der Waals surface area contributed by atoms with E-state index in [1.807, 2.05) is 0 Å². The van der Waals surface area contributed by atoms with Crippen molar-refractivity contribution in [2.75, 3.05) is 13.2 Å². The van der Waals surface area contributed by atoms with Gasteiger partial charge in [-0.05, 0) is 25.0 Å². The van der Waals surface area contributed by atoms with Crippen LogP contribution < -0.4 is 0 Å². The van der Waals surface area contributed by atoms with E-state index in [0.29, 0.717) is 6.61 Å². The van der Waals surface area contributed by atoms with Gasteiger partial charge in [-0.25, -0.2) is 4.79 Å². The van der Waals surface area contributed by atoms with Crippen molar-refractivity contribution < 1.29 is 19.2 Å². The molecule has 1 aromatic carbocycles. The molecule has 0 N–H and O–H groups in total. The molecule has 1 aliphatic rings. The summed E-state index contributed by atoms with van der Waals surface area (Å²) >= 11 is 5.74. The Labute approximate surface area is 114 Å². The topological polar surface area (TPSA) is 78.7 Å². The highest BCUT2D eigenvalue weighted by Gasteiger charge is 2.24. The molecule has 0 spiro atoms. The van der Waals surface area contributed by atoms with E-state index < -0.39 is 10.9 Å². The van der Waals surface area contributed by atoms with Gasteiger partial charge < -0.3 is 9.47 Å². The van der Waals surface area contributed by atoms with Crippen LogP contribution in [0.3, 0.4) is 0 Å². The lowest BCUT2D eigenvalue weighted by Crippen LogP contribution is -2.18. The first kappa shape index (κ1) is 13.8. The molecule has 1 fully saturated rings. The third kappa shape index (κ3) is 3.42. The predicted octanol–water partition coefficient (Wildman–Crippen LogP) is 2.58. The fraction of sp³-hybridized carbons (Fsp3) is 0.417. The maximum absolute atomic E-state index is 11.8. The third-order valence-corrected chi connectivity index (χ3v) is 3.03. The molecule has 0 bridgehead atoms. The van der Waals surface area contributed by atoms with Crippen LogP contribution >= 0.6 is 11.6 Å². The summed E-state index contributed by atoms with van der Waals surface area (Å²) < 4.78 is 10.3. The zero-order chi connectivity index (χ0) is 13.8. The van der Waals surface area contributed by atoms with Gasteiger partial charge in [0, 0.05) is 17.7 Å². The van der Waals surface area contributed by atoms with Crippen molar-refractivity contribution >= 4 is 23.3 Å². The summed E-state index contributed by atoms with van der Waals surface area (Å²) in [6.45, 7) is 0.752. The lowest BCUT2D eigenvalue weighted by Gasteiger charge is -2.10. The fourth-order valence-corrected chi connectivity index (χ4v) is 2.03. The lowest BCUT2D eigenvalue weighted by atomic mass is 10.2. The van der Waals surface area contributed by atoms with Crippen molar-refractivity contribution in [2.24, 2.45) is 0 Å². The number of benzene rings is 1. The Kier molecular flexibility index (Phi) is 4.34. The molecule has 0 saturated carbocycles. The largest absolute Gasteiger partial charge is 0.459 e. The molecular weight excluding hydrogens is 274 g/mol. The van der Waals surface area contributed by atoms with Crippen LogP contribution in [-0.4, -0.2) is 30.2 Å². The van der Waals surface area contributed by atoms with Crippen LogP contribution in [-0.2, 0) is 9.47 Å². The summed E-state index contributed by atoms with van der Waals surface area (Å²) in [5.74, 6) is -0.760. The van der Waals surface area contributed by atoms with E-state index in [9.17, 15) is 14.9 Å². The molecule has 1 heterocycles. The quantitative estimate of drug-likeness (QED) is 0.482. The van der Waals surface area contributed by atoms with E-state index in [1.165, 1.54) is 18.2 Å². The van der Waals surface area contributed by atoms with Crippen molar-refractivity contribution in [2.45, 2.75) is 18.9 Å². The molecule has 6 nitrogen and oxygen atoms in total. The molecule has 1 saturated heterocycles. The fourth-order valence-electron chi connectivity index (χ4n) is 1.85. The summed E-state index contributed by atoms with van der Waals surface area (Å²) in [4.78, 5) is 22.0. The van der Waals surface area contributed by atoms with Crippen molar-refractivity contribution in [1.82, 2.24) is 0 Å². The van der Waals surface area contributed by atoms with Gasteiger partial charge in [0.25, 0.3) is 5.69 Å². The summed E-state index contributed by atoms with van der Waals surface area (Å²) in [5.41, 5.74) is -0.461. The molecule has 1 aliphatic heterocycles. The zero-order valence-electron chi connectivity index (χ0n) is 10.0. The monoisotopic (exact) mass is 285 g/mol. The van der Waals surface area contributed by atoms with Gasteiger partial charge in [0.1, 0.15) is 12.2 Å². The van der Waals surface area contributed by atoms with Gasteiger partial charge in [-0.1, -0.05) is 11.6 Å². The predicted molar refractivity (Wildman–Crippen MR) is 67.4 cm³/mol. The highest BCUT2D eigenvalue weighted by atomic mass is 35.5. The van der Waals surface area contributed by atoms with Gasteiger partial charge in [0.2, 0.25) is 0 Å². The first-order valence-electron chi connectivity index (χ1n) is 5.80. The molecule has 0 aliphatic carbocycles. The normalized spacial score (nSPS) is 18.3. The van der Waals surface area contributed by atoms with Crippen LogP contribution in [0.15, 0.2) is 18.2 Å². The first-order chi connectivity index (χ1) is 9.08. The molecule has 0 radical (unpaired) electrons. The smallest absolute Gasteiger partial charge is 0.345 e. The lowest BCUT2D eigenvalue weighted by molar-refractivity contribution is -0.385. The average molecular weight is 286 g/mol. The number of rotatable bonds is 4. The number of ether oxygens (including phenoxy) is 2. The highest BCUT2D eigenvalue weighted by molar-refractivity contribution is 6.31. The summed E-state index contributed by atoms with van der Waals surface area (Å²) in [5, 5.41) is 11.1. The standard InChI is InChI=1S/C12H12ClNO5/c13-8-3-4-11(14(16)17)10(6-8)12(15)19-7-9-2-1-5-18-9/h3-4,6,9H,1-2,5,7H2. The minimum absolute atomic E-state index is 0.0997. The summed E-state index contributed by atoms with van der Waals surface area (Å²) in [6, 6.07) is 3.78. The Balaban J connectivity index is 2.08. The van der Waals surface area contributed by atoms with Crippen LogP contribution in [0.1, 0.15) is 23.2 Å². The van der Waals surface area contributed by atoms with Gasteiger partial charge in [-0.2, -0.15) is 0 Å². The molecule has 0 amide bonds. The van der Waals surface area contributed by atoms with E-state index in [4.69, 9.17) is 21.1 Å². The van der Waals surface area contributed by atoms with Crippen LogP contribution in [0.5, 0.6) is 0 Å². The second-order valence-corrected chi connectivity index (χ2v) is 4.59. The van der Waals surface area contributed by atoms with Gasteiger partial charge in [0.05, 0.1) is 11.0 Å². The van der Waals surface area contributed by atoms with Crippen molar-refractivity contribution in [3.8, 4) is 0 Å². The number of carbonyl (C=O) groups excluding carboxylic acids is 1. The first-order valence-corrected chi connectivity index (χ1v) is 6.18. The second kappa shape index (κ2) is 5.99. The number of esters is 1. The molecule has 1 atom stereocenters. The number of nitro benzene ring substituents is 1. The summed E-state index contributed by atoms with van der Waals surface area (Å²) in [7, 11) is 0.